The molecule has 0 atom stereocenters. The van der Waals surface area contributed by atoms with Gasteiger partial charge >= 0.3 is 0 Å². The number of halogens is 1. The third-order valence-corrected chi connectivity index (χ3v) is 3.36. The number of aryl methyl sites for hydroxylation is 1. The molecule has 2 rings (SSSR count). The fraction of sp³-hybridized carbons (Fsp3) is 0.500. The van der Waals surface area contributed by atoms with Gasteiger partial charge in [-0.05, 0) is 65.8 Å². The van der Waals surface area contributed by atoms with Gasteiger partial charge in [-0.25, -0.2) is 4.99 Å². The van der Waals surface area contributed by atoms with Crippen LogP contribution in [0, 0.1) is 6.92 Å². The van der Waals surface area contributed by atoms with E-state index in [9.17, 15) is 4.79 Å². The van der Waals surface area contributed by atoms with Crippen LogP contribution >= 0.6 is 24.0 Å². The van der Waals surface area contributed by atoms with E-state index in [4.69, 9.17) is 9.26 Å². The van der Waals surface area contributed by atoms with Crippen LogP contribution in [0.1, 0.15) is 46.3 Å². The Bertz CT molecular complexity index is 828. The SMILES string of the molecule is Cc1noc(CNC(=NCC(=O)NC(C)(C)C)Nc2ccc(OC(C)C)cc2)n1.I. The average Bonchev–Trinajstić information content (AvgIpc) is 3.02. The van der Waals surface area contributed by atoms with E-state index < -0.39 is 0 Å². The van der Waals surface area contributed by atoms with Gasteiger partial charge in [-0.3, -0.25) is 4.79 Å². The van der Waals surface area contributed by atoms with Gasteiger partial charge in [0.25, 0.3) is 0 Å². The van der Waals surface area contributed by atoms with Crippen LogP contribution in [0.25, 0.3) is 0 Å². The number of nitrogens with zero attached hydrogens (tertiary/aromatic N) is 3. The minimum absolute atomic E-state index is 0. The first-order valence-electron chi connectivity index (χ1n) is 9.53. The number of hydrogen-bond acceptors (Lipinski definition) is 6. The minimum Gasteiger partial charge on any atom is -0.491 e. The number of anilines is 1. The van der Waals surface area contributed by atoms with Crippen LogP contribution < -0.4 is 20.7 Å². The summed E-state index contributed by atoms with van der Waals surface area (Å²) in [6.45, 7) is 11.7. The van der Waals surface area contributed by atoms with Gasteiger partial charge in [0.2, 0.25) is 11.8 Å². The second kappa shape index (κ2) is 11.7. The number of rotatable bonds is 7. The molecule has 0 aliphatic heterocycles. The lowest BCUT2D eigenvalue weighted by molar-refractivity contribution is -0.121. The number of ether oxygens (including phenoxy) is 1. The summed E-state index contributed by atoms with van der Waals surface area (Å²) >= 11 is 0. The summed E-state index contributed by atoms with van der Waals surface area (Å²) in [5.74, 6) is 2.01. The normalized spacial score (nSPS) is 11.6. The van der Waals surface area contributed by atoms with Crippen LogP contribution in [0.2, 0.25) is 0 Å². The molecule has 2 aromatic rings. The van der Waals surface area contributed by atoms with E-state index in [1.165, 1.54) is 0 Å². The molecule has 0 bridgehead atoms. The zero-order valence-corrected chi connectivity index (χ0v) is 20.6. The van der Waals surface area contributed by atoms with Crippen LogP contribution in [0.3, 0.4) is 0 Å². The van der Waals surface area contributed by atoms with Crippen molar-refractivity contribution >= 4 is 41.5 Å². The Labute approximate surface area is 194 Å². The van der Waals surface area contributed by atoms with E-state index in [2.05, 4.69) is 31.1 Å². The number of aliphatic imine (C=N–C) groups is 1. The van der Waals surface area contributed by atoms with E-state index in [0.29, 0.717) is 17.7 Å². The Morgan fingerprint density at radius 2 is 1.90 bits per heavy atom. The largest absolute Gasteiger partial charge is 0.491 e. The molecule has 0 aliphatic rings. The first-order chi connectivity index (χ1) is 13.6. The molecule has 0 aliphatic carbocycles. The zero-order chi connectivity index (χ0) is 21.4. The van der Waals surface area contributed by atoms with Crippen molar-refractivity contribution < 1.29 is 14.1 Å². The second-order valence-electron chi connectivity index (χ2n) is 7.87. The average molecular weight is 530 g/mol. The van der Waals surface area contributed by atoms with E-state index in [1.807, 2.05) is 58.9 Å². The Kier molecular flexibility index (Phi) is 10.0. The quantitative estimate of drug-likeness (QED) is 0.286. The van der Waals surface area contributed by atoms with E-state index in [0.717, 1.165) is 11.4 Å². The number of carbonyl (C=O) groups excluding carboxylic acids is 1. The molecule has 1 heterocycles. The first kappa shape index (κ1) is 25.7. The van der Waals surface area contributed by atoms with Crippen molar-refractivity contribution in [1.82, 2.24) is 20.8 Å². The summed E-state index contributed by atoms with van der Waals surface area (Å²) in [4.78, 5) is 20.6. The van der Waals surface area contributed by atoms with Crippen molar-refractivity contribution in [2.75, 3.05) is 11.9 Å². The highest BCUT2D eigenvalue weighted by molar-refractivity contribution is 14.0. The molecule has 3 N–H and O–H groups in total. The topological polar surface area (TPSA) is 114 Å². The molecular formula is C20H31IN6O3. The first-order valence-corrected chi connectivity index (χ1v) is 9.53. The molecule has 0 saturated heterocycles. The summed E-state index contributed by atoms with van der Waals surface area (Å²) in [7, 11) is 0. The Balaban J connectivity index is 0.00000450. The van der Waals surface area contributed by atoms with Crippen LogP contribution in [-0.4, -0.2) is 40.2 Å². The van der Waals surface area contributed by atoms with Gasteiger partial charge in [0.15, 0.2) is 11.8 Å². The molecule has 0 spiro atoms. The molecule has 0 saturated carbocycles. The lowest BCUT2D eigenvalue weighted by atomic mass is 10.1. The molecule has 1 amide bonds. The molecular weight excluding hydrogens is 499 g/mol. The summed E-state index contributed by atoms with van der Waals surface area (Å²) in [5, 5.41) is 12.9. The molecule has 0 unspecified atom stereocenters. The van der Waals surface area contributed by atoms with Gasteiger partial charge in [-0.15, -0.1) is 24.0 Å². The molecule has 10 heteroatoms. The molecule has 0 fully saturated rings. The molecule has 0 radical (unpaired) electrons. The monoisotopic (exact) mass is 530 g/mol. The van der Waals surface area contributed by atoms with Crippen molar-refractivity contribution in [3.8, 4) is 5.75 Å². The maximum atomic E-state index is 12.1. The van der Waals surface area contributed by atoms with E-state index in [1.54, 1.807) is 6.92 Å². The lowest BCUT2D eigenvalue weighted by Gasteiger charge is -2.20. The Morgan fingerprint density at radius 3 is 2.43 bits per heavy atom. The van der Waals surface area contributed by atoms with Crippen LogP contribution in [0.15, 0.2) is 33.8 Å². The number of hydrogen-bond donors (Lipinski definition) is 3. The van der Waals surface area contributed by atoms with Crippen LogP contribution in [-0.2, 0) is 11.3 Å². The number of benzene rings is 1. The molecule has 1 aromatic carbocycles. The highest BCUT2D eigenvalue weighted by atomic mass is 127. The van der Waals surface area contributed by atoms with Crippen LogP contribution in [0.4, 0.5) is 5.69 Å². The van der Waals surface area contributed by atoms with Gasteiger partial charge in [-0.2, -0.15) is 4.98 Å². The number of amides is 1. The smallest absolute Gasteiger partial charge is 0.246 e. The highest BCUT2D eigenvalue weighted by Crippen LogP contribution is 2.16. The fourth-order valence-corrected chi connectivity index (χ4v) is 2.35. The second-order valence-corrected chi connectivity index (χ2v) is 7.87. The maximum absolute atomic E-state index is 12.1. The fourth-order valence-electron chi connectivity index (χ4n) is 2.35. The van der Waals surface area contributed by atoms with Gasteiger partial charge in [-0.1, -0.05) is 5.16 Å². The minimum atomic E-state index is -0.318. The number of guanidine groups is 1. The number of aromatic nitrogens is 2. The lowest BCUT2D eigenvalue weighted by Crippen LogP contribution is -2.42. The van der Waals surface area contributed by atoms with Gasteiger partial charge in [0, 0.05) is 11.2 Å². The summed E-state index contributed by atoms with van der Waals surface area (Å²) in [5.41, 5.74) is 0.478. The highest BCUT2D eigenvalue weighted by Gasteiger charge is 2.13. The van der Waals surface area contributed by atoms with Crippen molar-refractivity contribution in [2.45, 2.75) is 59.7 Å². The predicted octanol–water partition coefficient (Wildman–Crippen LogP) is 3.26. The van der Waals surface area contributed by atoms with Crippen molar-refractivity contribution in [3.63, 3.8) is 0 Å². The maximum Gasteiger partial charge on any atom is 0.246 e. The van der Waals surface area contributed by atoms with Gasteiger partial charge in [0.1, 0.15) is 12.3 Å². The van der Waals surface area contributed by atoms with Crippen molar-refractivity contribution in [2.24, 2.45) is 4.99 Å². The summed E-state index contributed by atoms with van der Waals surface area (Å²) in [6.07, 6.45) is 0.104. The molecule has 1 aromatic heterocycles. The summed E-state index contributed by atoms with van der Waals surface area (Å²) in [6, 6.07) is 7.49. The molecule has 30 heavy (non-hydrogen) atoms. The molecule has 166 valence electrons. The predicted molar refractivity (Wildman–Crippen MR) is 127 cm³/mol. The third-order valence-electron chi connectivity index (χ3n) is 3.36. The standard InChI is InChI=1S/C20H30N6O3.HI/c1-13(2)28-16-9-7-15(8-10-16)24-19(21-11-17(27)25-20(4,5)6)22-12-18-23-14(3)26-29-18;/h7-10,13H,11-12H2,1-6H3,(H,25,27)(H2,21,22,24);1H. The number of nitrogens with one attached hydrogen (secondary N) is 3. The number of carbonyl (C=O) groups is 1. The van der Waals surface area contributed by atoms with Crippen molar-refractivity contribution in [3.05, 3.63) is 36.0 Å². The Morgan fingerprint density at radius 1 is 1.23 bits per heavy atom. The zero-order valence-electron chi connectivity index (χ0n) is 18.3. The third kappa shape index (κ3) is 9.90. The molecule has 9 nitrogen and oxygen atoms in total. The Hall–Kier alpha value is -2.37. The summed E-state index contributed by atoms with van der Waals surface area (Å²) < 4.78 is 10.8. The van der Waals surface area contributed by atoms with E-state index in [-0.39, 0.29) is 54.6 Å². The van der Waals surface area contributed by atoms with Gasteiger partial charge in [0.05, 0.1) is 12.6 Å². The van der Waals surface area contributed by atoms with E-state index >= 15 is 0 Å². The van der Waals surface area contributed by atoms with Crippen LogP contribution in [0.5, 0.6) is 5.75 Å². The van der Waals surface area contributed by atoms with Crippen molar-refractivity contribution in [1.29, 1.82) is 0 Å². The van der Waals surface area contributed by atoms with Gasteiger partial charge < -0.3 is 25.2 Å².